The first-order valence-electron chi connectivity index (χ1n) is 7.10. The first-order chi connectivity index (χ1) is 9.69. The summed E-state index contributed by atoms with van der Waals surface area (Å²) in [4.78, 5) is 15.7. The Morgan fingerprint density at radius 2 is 1.95 bits per heavy atom. The highest BCUT2D eigenvalue weighted by atomic mass is 16.5. The number of ether oxygens (including phenoxy) is 1. The fourth-order valence-electron chi connectivity index (χ4n) is 2.34. The van der Waals surface area contributed by atoms with E-state index in [-0.39, 0.29) is 5.56 Å². The van der Waals surface area contributed by atoms with Gasteiger partial charge in [0.05, 0.1) is 5.56 Å². The smallest absolute Gasteiger partial charge is 0.335 e. The maximum Gasteiger partial charge on any atom is 0.335 e. The number of hydrogen-bond donors (Lipinski definition) is 1. The van der Waals surface area contributed by atoms with Gasteiger partial charge in [0.15, 0.2) is 0 Å². The van der Waals surface area contributed by atoms with Gasteiger partial charge in [0.1, 0.15) is 12.4 Å². The molecule has 0 atom stereocenters. The third kappa shape index (κ3) is 4.21. The van der Waals surface area contributed by atoms with Crippen molar-refractivity contribution in [2.24, 2.45) is 0 Å². The standard InChI is InChI=1S/C15H22N2O3/c1-2-16-6-8-17(9-7-16)10-11-20-14-5-3-4-13(12-14)15(18)19/h3-5,12H,2,6-11H2,1H3,(H,18,19). The van der Waals surface area contributed by atoms with E-state index >= 15 is 0 Å². The molecule has 0 bridgehead atoms. The van der Waals surface area contributed by atoms with Crippen molar-refractivity contribution in [1.29, 1.82) is 0 Å². The molecule has 0 amide bonds. The molecule has 0 unspecified atom stereocenters. The van der Waals surface area contributed by atoms with Crippen LogP contribution in [0.4, 0.5) is 0 Å². The number of hydrogen-bond acceptors (Lipinski definition) is 4. The molecular formula is C15H22N2O3. The zero-order valence-corrected chi connectivity index (χ0v) is 11.9. The molecule has 0 aromatic heterocycles. The van der Waals surface area contributed by atoms with E-state index in [1.54, 1.807) is 24.3 Å². The summed E-state index contributed by atoms with van der Waals surface area (Å²) in [5, 5.41) is 8.92. The predicted octanol–water partition coefficient (Wildman–Crippen LogP) is 1.40. The van der Waals surface area contributed by atoms with E-state index in [4.69, 9.17) is 9.84 Å². The Hall–Kier alpha value is -1.59. The third-order valence-corrected chi connectivity index (χ3v) is 3.67. The monoisotopic (exact) mass is 278 g/mol. The SMILES string of the molecule is CCN1CCN(CCOc2cccc(C(=O)O)c2)CC1. The molecular weight excluding hydrogens is 256 g/mol. The van der Waals surface area contributed by atoms with E-state index in [0.29, 0.717) is 12.4 Å². The number of benzene rings is 1. The van der Waals surface area contributed by atoms with Crippen LogP contribution in [0.1, 0.15) is 17.3 Å². The number of carboxylic acid groups (broad SMARTS) is 1. The summed E-state index contributed by atoms with van der Waals surface area (Å²) >= 11 is 0. The van der Waals surface area contributed by atoms with Gasteiger partial charge in [-0.15, -0.1) is 0 Å². The maximum absolute atomic E-state index is 10.9. The zero-order valence-electron chi connectivity index (χ0n) is 11.9. The Kier molecular flexibility index (Phi) is 5.38. The highest BCUT2D eigenvalue weighted by Crippen LogP contribution is 2.13. The summed E-state index contributed by atoms with van der Waals surface area (Å²) in [6.45, 7) is 9.17. The Morgan fingerprint density at radius 3 is 2.60 bits per heavy atom. The second-order valence-electron chi connectivity index (χ2n) is 4.96. The van der Waals surface area contributed by atoms with Gasteiger partial charge < -0.3 is 14.7 Å². The van der Waals surface area contributed by atoms with Gasteiger partial charge in [-0.1, -0.05) is 13.0 Å². The van der Waals surface area contributed by atoms with E-state index in [9.17, 15) is 4.79 Å². The first-order valence-corrected chi connectivity index (χ1v) is 7.10. The van der Waals surface area contributed by atoms with Crippen molar-refractivity contribution in [3.8, 4) is 5.75 Å². The Morgan fingerprint density at radius 1 is 1.25 bits per heavy atom. The summed E-state index contributed by atoms with van der Waals surface area (Å²) in [7, 11) is 0. The second kappa shape index (κ2) is 7.26. The van der Waals surface area contributed by atoms with Gasteiger partial charge in [-0.25, -0.2) is 4.79 Å². The third-order valence-electron chi connectivity index (χ3n) is 3.67. The highest BCUT2D eigenvalue weighted by molar-refractivity contribution is 5.87. The normalized spacial score (nSPS) is 17.1. The van der Waals surface area contributed by atoms with Crippen LogP contribution in [0.15, 0.2) is 24.3 Å². The molecule has 1 fully saturated rings. The minimum atomic E-state index is -0.925. The van der Waals surface area contributed by atoms with E-state index in [0.717, 1.165) is 39.3 Å². The van der Waals surface area contributed by atoms with E-state index in [1.807, 2.05) is 0 Å². The van der Waals surface area contributed by atoms with Crippen molar-refractivity contribution in [2.75, 3.05) is 45.9 Å². The zero-order chi connectivity index (χ0) is 14.4. The molecule has 1 aromatic rings. The maximum atomic E-state index is 10.9. The Balaban J connectivity index is 1.73. The summed E-state index contributed by atoms with van der Waals surface area (Å²) in [6, 6.07) is 6.64. The van der Waals surface area contributed by atoms with Crippen LogP contribution < -0.4 is 4.74 Å². The van der Waals surface area contributed by atoms with Crippen molar-refractivity contribution < 1.29 is 14.6 Å². The average Bonchev–Trinajstić information content (AvgIpc) is 2.48. The van der Waals surface area contributed by atoms with Gasteiger partial charge in [0.25, 0.3) is 0 Å². The van der Waals surface area contributed by atoms with Crippen LogP contribution in [0.5, 0.6) is 5.75 Å². The molecule has 5 heteroatoms. The largest absolute Gasteiger partial charge is 0.492 e. The molecule has 20 heavy (non-hydrogen) atoms. The first kappa shape index (κ1) is 14.8. The quantitative estimate of drug-likeness (QED) is 0.852. The molecule has 5 nitrogen and oxygen atoms in total. The molecule has 1 aromatic carbocycles. The van der Waals surface area contributed by atoms with Crippen molar-refractivity contribution in [3.05, 3.63) is 29.8 Å². The van der Waals surface area contributed by atoms with Crippen LogP contribution in [0.2, 0.25) is 0 Å². The number of piperazine rings is 1. The number of rotatable bonds is 6. The molecule has 1 N–H and O–H groups in total. The number of carboxylic acids is 1. The van der Waals surface area contributed by atoms with Crippen molar-refractivity contribution >= 4 is 5.97 Å². The van der Waals surface area contributed by atoms with E-state index in [2.05, 4.69) is 16.7 Å². The summed E-state index contributed by atoms with van der Waals surface area (Å²) in [6.07, 6.45) is 0. The van der Waals surface area contributed by atoms with Crippen LogP contribution in [-0.2, 0) is 0 Å². The van der Waals surface area contributed by atoms with Gasteiger partial charge in [-0.3, -0.25) is 4.90 Å². The molecule has 1 aliphatic rings. The van der Waals surface area contributed by atoms with Gasteiger partial charge >= 0.3 is 5.97 Å². The number of aromatic carboxylic acids is 1. The molecule has 0 saturated carbocycles. The van der Waals surface area contributed by atoms with Crippen molar-refractivity contribution in [1.82, 2.24) is 9.80 Å². The summed E-state index contributed by atoms with van der Waals surface area (Å²) in [5.74, 6) is -0.303. The van der Waals surface area contributed by atoms with Crippen molar-refractivity contribution in [2.45, 2.75) is 6.92 Å². The fraction of sp³-hybridized carbons (Fsp3) is 0.533. The predicted molar refractivity (Wildman–Crippen MR) is 77.5 cm³/mol. The molecule has 1 saturated heterocycles. The molecule has 0 spiro atoms. The molecule has 110 valence electrons. The van der Waals surface area contributed by atoms with Crippen LogP contribution in [0, 0.1) is 0 Å². The van der Waals surface area contributed by atoms with Gasteiger partial charge in [-0.2, -0.15) is 0 Å². The molecule has 0 aliphatic carbocycles. The Labute approximate surface area is 119 Å². The molecule has 1 aliphatic heterocycles. The van der Waals surface area contributed by atoms with E-state index < -0.39 is 5.97 Å². The molecule has 2 rings (SSSR count). The lowest BCUT2D eigenvalue weighted by molar-refractivity contribution is 0.0696. The van der Waals surface area contributed by atoms with E-state index in [1.165, 1.54) is 0 Å². The topological polar surface area (TPSA) is 53.0 Å². The minimum absolute atomic E-state index is 0.263. The average molecular weight is 278 g/mol. The molecule has 0 radical (unpaired) electrons. The Bertz CT molecular complexity index is 442. The fourth-order valence-corrected chi connectivity index (χ4v) is 2.34. The lowest BCUT2D eigenvalue weighted by Crippen LogP contribution is -2.47. The van der Waals surface area contributed by atoms with Crippen LogP contribution >= 0.6 is 0 Å². The van der Waals surface area contributed by atoms with Crippen molar-refractivity contribution in [3.63, 3.8) is 0 Å². The number of carbonyl (C=O) groups is 1. The number of likely N-dealkylation sites (N-methyl/N-ethyl adjacent to an activating group) is 1. The number of nitrogens with zero attached hydrogens (tertiary/aromatic N) is 2. The van der Waals surface area contributed by atoms with Crippen LogP contribution in [0.25, 0.3) is 0 Å². The lowest BCUT2D eigenvalue weighted by atomic mass is 10.2. The minimum Gasteiger partial charge on any atom is -0.492 e. The van der Waals surface area contributed by atoms with Crippen LogP contribution in [-0.4, -0.2) is 66.8 Å². The summed E-state index contributed by atoms with van der Waals surface area (Å²) in [5.41, 5.74) is 0.263. The lowest BCUT2D eigenvalue weighted by Gasteiger charge is -2.33. The van der Waals surface area contributed by atoms with Gasteiger partial charge in [0, 0.05) is 32.7 Å². The molecule has 1 heterocycles. The summed E-state index contributed by atoms with van der Waals surface area (Å²) < 4.78 is 5.63. The second-order valence-corrected chi connectivity index (χ2v) is 4.96. The van der Waals surface area contributed by atoms with Gasteiger partial charge in [0.2, 0.25) is 0 Å². The van der Waals surface area contributed by atoms with Crippen LogP contribution in [0.3, 0.4) is 0 Å². The van der Waals surface area contributed by atoms with Gasteiger partial charge in [-0.05, 0) is 24.7 Å². The highest BCUT2D eigenvalue weighted by Gasteiger charge is 2.14.